The molecule has 110 valence electrons. The number of rotatable bonds is 4. The third-order valence-electron chi connectivity index (χ3n) is 2.88. The van der Waals surface area contributed by atoms with Gasteiger partial charge in [-0.2, -0.15) is 0 Å². The molecule has 0 bridgehead atoms. The molecule has 6 nitrogen and oxygen atoms in total. The monoisotopic (exact) mass is 289 g/mol. The van der Waals surface area contributed by atoms with Crippen LogP contribution >= 0.6 is 0 Å². The third-order valence-corrected chi connectivity index (χ3v) is 2.88. The summed E-state index contributed by atoms with van der Waals surface area (Å²) >= 11 is 0. The van der Waals surface area contributed by atoms with Crippen LogP contribution in [-0.2, 0) is 0 Å². The van der Waals surface area contributed by atoms with Crippen LogP contribution in [0.25, 0.3) is 0 Å². The molecule has 0 saturated heterocycles. The molecule has 0 heterocycles. The quantitative estimate of drug-likeness (QED) is 0.752. The minimum atomic E-state index is -0.574. The molecule has 2 aromatic rings. The summed E-state index contributed by atoms with van der Waals surface area (Å²) in [4.78, 5) is 12.2. The molecule has 0 saturated carbocycles. The van der Waals surface area contributed by atoms with Crippen LogP contribution in [-0.4, -0.2) is 30.3 Å². The zero-order valence-electron chi connectivity index (χ0n) is 11.6. The molecule has 21 heavy (non-hydrogen) atoms. The van der Waals surface area contributed by atoms with E-state index in [4.69, 9.17) is 9.47 Å². The SMILES string of the molecule is COc1ccc(OC)c(NC(=O)c2cc(O)ccc2O)c1. The second-order valence-corrected chi connectivity index (χ2v) is 4.22. The molecule has 0 radical (unpaired) electrons. The maximum absolute atomic E-state index is 12.2. The van der Waals surface area contributed by atoms with Gasteiger partial charge in [0.25, 0.3) is 5.91 Å². The van der Waals surface area contributed by atoms with Crippen LogP contribution < -0.4 is 14.8 Å². The van der Waals surface area contributed by atoms with Crippen molar-refractivity contribution in [3.63, 3.8) is 0 Å². The smallest absolute Gasteiger partial charge is 0.259 e. The topological polar surface area (TPSA) is 88.0 Å². The van der Waals surface area contributed by atoms with E-state index in [1.54, 1.807) is 18.2 Å². The normalized spacial score (nSPS) is 10.0. The van der Waals surface area contributed by atoms with E-state index in [-0.39, 0.29) is 17.1 Å². The number of hydrogen-bond donors (Lipinski definition) is 3. The summed E-state index contributed by atoms with van der Waals surface area (Å²) in [6.07, 6.45) is 0. The van der Waals surface area contributed by atoms with Gasteiger partial charge in [-0.05, 0) is 30.3 Å². The average molecular weight is 289 g/mol. The lowest BCUT2D eigenvalue weighted by molar-refractivity contribution is 0.102. The number of aromatic hydroxyl groups is 2. The molecule has 2 aromatic carbocycles. The Hall–Kier alpha value is -2.89. The minimum Gasteiger partial charge on any atom is -0.508 e. The van der Waals surface area contributed by atoms with Crippen molar-refractivity contribution in [2.75, 3.05) is 19.5 Å². The van der Waals surface area contributed by atoms with Gasteiger partial charge in [-0.1, -0.05) is 0 Å². The van der Waals surface area contributed by atoms with Crippen molar-refractivity contribution in [1.29, 1.82) is 0 Å². The van der Waals surface area contributed by atoms with Crippen molar-refractivity contribution in [1.82, 2.24) is 0 Å². The fourth-order valence-electron chi connectivity index (χ4n) is 1.81. The van der Waals surface area contributed by atoms with Crippen molar-refractivity contribution in [2.45, 2.75) is 0 Å². The van der Waals surface area contributed by atoms with E-state index in [1.165, 1.54) is 32.4 Å². The average Bonchev–Trinajstić information content (AvgIpc) is 2.49. The first-order chi connectivity index (χ1) is 10.0. The summed E-state index contributed by atoms with van der Waals surface area (Å²) in [5, 5.41) is 21.7. The number of carbonyl (C=O) groups excluding carboxylic acids is 1. The van der Waals surface area contributed by atoms with Gasteiger partial charge in [0.1, 0.15) is 23.0 Å². The summed E-state index contributed by atoms with van der Waals surface area (Å²) in [6, 6.07) is 8.65. The van der Waals surface area contributed by atoms with E-state index in [2.05, 4.69) is 5.32 Å². The first kappa shape index (κ1) is 14.5. The number of anilines is 1. The predicted molar refractivity (Wildman–Crippen MR) is 77.3 cm³/mol. The molecule has 0 aliphatic rings. The fraction of sp³-hybridized carbons (Fsp3) is 0.133. The van der Waals surface area contributed by atoms with Gasteiger partial charge in [0.2, 0.25) is 0 Å². The van der Waals surface area contributed by atoms with Gasteiger partial charge in [-0.3, -0.25) is 4.79 Å². The van der Waals surface area contributed by atoms with Crippen molar-refractivity contribution < 1.29 is 24.5 Å². The molecule has 0 aromatic heterocycles. The Morgan fingerprint density at radius 2 is 1.81 bits per heavy atom. The number of benzene rings is 2. The number of carbonyl (C=O) groups is 1. The van der Waals surface area contributed by atoms with Gasteiger partial charge in [0.05, 0.1) is 25.5 Å². The van der Waals surface area contributed by atoms with Gasteiger partial charge >= 0.3 is 0 Å². The molecule has 0 spiro atoms. The van der Waals surface area contributed by atoms with E-state index < -0.39 is 5.91 Å². The Morgan fingerprint density at radius 3 is 2.48 bits per heavy atom. The molecule has 0 aliphatic carbocycles. The van der Waals surface area contributed by atoms with E-state index in [9.17, 15) is 15.0 Å². The molecule has 0 unspecified atom stereocenters. The molecule has 1 amide bonds. The van der Waals surface area contributed by atoms with E-state index in [0.717, 1.165) is 0 Å². The van der Waals surface area contributed by atoms with Crippen molar-refractivity contribution in [3.05, 3.63) is 42.0 Å². The van der Waals surface area contributed by atoms with Crippen molar-refractivity contribution in [2.24, 2.45) is 0 Å². The van der Waals surface area contributed by atoms with Gasteiger partial charge in [-0.25, -0.2) is 0 Å². The van der Waals surface area contributed by atoms with Gasteiger partial charge in [-0.15, -0.1) is 0 Å². The summed E-state index contributed by atoms with van der Waals surface area (Å²) < 4.78 is 10.2. The Morgan fingerprint density at radius 1 is 1.05 bits per heavy atom. The molecule has 6 heteroatoms. The molecular formula is C15H15NO5. The molecular weight excluding hydrogens is 274 g/mol. The third kappa shape index (κ3) is 3.17. The second kappa shape index (κ2) is 6.04. The first-order valence-corrected chi connectivity index (χ1v) is 6.10. The molecule has 0 aliphatic heterocycles. The van der Waals surface area contributed by atoms with Crippen LogP contribution in [0.15, 0.2) is 36.4 Å². The molecule has 0 atom stereocenters. The van der Waals surface area contributed by atoms with E-state index in [1.807, 2.05) is 0 Å². The van der Waals surface area contributed by atoms with Crippen LogP contribution in [0, 0.1) is 0 Å². The minimum absolute atomic E-state index is 0.0418. The number of ether oxygens (including phenoxy) is 2. The highest BCUT2D eigenvalue weighted by atomic mass is 16.5. The maximum Gasteiger partial charge on any atom is 0.259 e. The summed E-state index contributed by atoms with van der Waals surface area (Å²) in [7, 11) is 2.98. The van der Waals surface area contributed by atoms with Crippen LogP contribution in [0.5, 0.6) is 23.0 Å². The highest BCUT2D eigenvalue weighted by molar-refractivity contribution is 6.07. The van der Waals surface area contributed by atoms with Crippen molar-refractivity contribution in [3.8, 4) is 23.0 Å². The molecule has 2 rings (SSSR count). The van der Waals surface area contributed by atoms with Crippen LogP contribution in [0.2, 0.25) is 0 Å². The predicted octanol–water partition coefficient (Wildman–Crippen LogP) is 2.37. The number of methoxy groups -OCH3 is 2. The lowest BCUT2D eigenvalue weighted by Gasteiger charge is -2.12. The molecule has 3 N–H and O–H groups in total. The van der Waals surface area contributed by atoms with Gasteiger partial charge in [0.15, 0.2) is 0 Å². The summed E-state index contributed by atoms with van der Waals surface area (Å²) in [6.45, 7) is 0. The van der Waals surface area contributed by atoms with Gasteiger partial charge < -0.3 is 25.0 Å². The second-order valence-electron chi connectivity index (χ2n) is 4.22. The van der Waals surface area contributed by atoms with Crippen LogP contribution in [0.1, 0.15) is 10.4 Å². The van der Waals surface area contributed by atoms with E-state index in [0.29, 0.717) is 17.2 Å². The zero-order chi connectivity index (χ0) is 15.4. The molecule has 0 fully saturated rings. The first-order valence-electron chi connectivity index (χ1n) is 6.10. The number of phenols is 2. The fourth-order valence-corrected chi connectivity index (χ4v) is 1.81. The Labute approximate surface area is 121 Å². The summed E-state index contributed by atoms with van der Waals surface area (Å²) in [5.41, 5.74) is 0.351. The van der Waals surface area contributed by atoms with E-state index >= 15 is 0 Å². The largest absolute Gasteiger partial charge is 0.508 e. The highest BCUT2D eigenvalue weighted by Crippen LogP contribution is 2.30. The van der Waals surface area contributed by atoms with Crippen LogP contribution in [0.3, 0.4) is 0 Å². The Kier molecular flexibility index (Phi) is 4.18. The van der Waals surface area contributed by atoms with Crippen LogP contribution in [0.4, 0.5) is 5.69 Å². The number of nitrogens with one attached hydrogen (secondary N) is 1. The van der Waals surface area contributed by atoms with Gasteiger partial charge in [0, 0.05) is 6.07 Å². The number of amides is 1. The standard InChI is InChI=1S/C15H15NO5/c1-20-10-4-6-14(21-2)12(8-10)16-15(19)11-7-9(17)3-5-13(11)18/h3-8,17-18H,1-2H3,(H,16,19). The number of phenolic OH excluding ortho intramolecular Hbond substituents is 2. The van der Waals surface area contributed by atoms with Crippen molar-refractivity contribution >= 4 is 11.6 Å². The highest BCUT2D eigenvalue weighted by Gasteiger charge is 2.15. The zero-order valence-corrected chi connectivity index (χ0v) is 11.6. The lowest BCUT2D eigenvalue weighted by Crippen LogP contribution is -2.13. The Balaban J connectivity index is 2.32. The number of hydrogen-bond acceptors (Lipinski definition) is 5. The summed E-state index contributed by atoms with van der Waals surface area (Å²) in [5.74, 6) is 0.0766. The Bertz CT molecular complexity index is 669. The lowest BCUT2D eigenvalue weighted by atomic mass is 10.1. The maximum atomic E-state index is 12.2.